The Labute approximate surface area is 104 Å². The zero-order chi connectivity index (χ0) is 13.3. The minimum Gasteiger partial charge on any atom is -0.495 e. The standard InChI is InChI=1S/C13H14N2O3/c1-8-6-10(16)9-4-3-5-11(18-2)13(9)15(8)7-12(14)17/h3-6H,7H2,1-2H3,(H2,14,17). The molecule has 0 aliphatic heterocycles. The minimum absolute atomic E-state index is 0.0169. The lowest BCUT2D eigenvalue weighted by Crippen LogP contribution is -2.22. The number of rotatable bonds is 3. The molecule has 1 amide bonds. The third-order valence-corrected chi connectivity index (χ3v) is 2.83. The summed E-state index contributed by atoms with van der Waals surface area (Å²) >= 11 is 0. The van der Waals surface area contributed by atoms with Crippen molar-refractivity contribution in [2.24, 2.45) is 5.73 Å². The third-order valence-electron chi connectivity index (χ3n) is 2.83. The van der Waals surface area contributed by atoms with Gasteiger partial charge in [-0.2, -0.15) is 0 Å². The lowest BCUT2D eigenvalue weighted by molar-refractivity contribution is -0.118. The average molecular weight is 246 g/mol. The summed E-state index contributed by atoms with van der Waals surface area (Å²) in [7, 11) is 1.52. The lowest BCUT2D eigenvalue weighted by atomic mass is 10.1. The molecule has 5 nitrogen and oxygen atoms in total. The Morgan fingerprint density at radius 2 is 2.17 bits per heavy atom. The van der Waals surface area contributed by atoms with Crippen molar-refractivity contribution in [1.82, 2.24) is 4.57 Å². The molecule has 1 heterocycles. The number of nitrogens with zero attached hydrogens (tertiary/aromatic N) is 1. The summed E-state index contributed by atoms with van der Waals surface area (Å²) in [5.41, 5.74) is 6.42. The maximum absolute atomic E-state index is 11.9. The van der Waals surface area contributed by atoms with E-state index in [0.717, 1.165) is 0 Å². The number of pyridine rings is 1. The molecular weight excluding hydrogens is 232 g/mol. The van der Waals surface area contributed by atoms with Crippen LogP contribution < -0.4 is 15.9 Å². The molecular formula is C13H14N2O3. The SMILES string of the molecule is COc1cccc2c(=O)cc(C)n(CC(N)=O)c12. The second-order valence-electron chi connectivity index (χ2n) is 4.06. The quantitative estimate of drug-likeness (QED) is 0.870. The number of nitrogens with two attached hydrogens (primary N) is 1. The number of fused-ring (bicyclic) bond motifs is 1. The van der Waals surface area contributed by atoms with E-state index in [1.807, 2.05) is 0 Å². The molecule has 2 N–H and O–H groups in total. The van der Waals surface area contributed by atoms with Gasteiger partial charge in [-0.25, -0.2) is 0 Å². The second kappa shape index (κ2) is 4.52. The monoisotopic (exact) mass is 246 g/mol. The van der Waals surface area contributed by atoms with Crippen molar-refractivity contribution in [3.8, 4) is 5.75 Å². The highest BCUT2D eigenvalue weighted by molar-refractivity contribution is 5.87. The van der Waals surface area contributed by atoms with Gasteiger partial charge in [0.05, 0.1) is 12.6 Å². The molecule has 1 aromatic heterocycles. The zero-order valence-electron chi connectivity index (χ0n) is 10.3. The zero-order valence-corrected chi connectivity index (χ0v) is 10.3. The number of carbonyl (C=O) groups is 1. The van der Waals surface area contributed by atoms with Crippen LogP contribution in [0, 0.1) is 6.92 Å². The Balaban J connectivity index is 2.90. The molecule has 2 aromatic rings. The molecule has 0 aliphatic rings. The van der Waals surface area contributed by atoms with Gasteiger partial charge in [-0.15, -0.1) is 0 Å². The van der Waals surface area contributed by atoms with Crippen molar-refractivity contribution >= 4 is 16.8 Å². The fraction of sp³-hybridized carbons (Fsp3) is 0.231. The van der Waals surface area contributed by atoms with E-state index in [0.29, 0.717) is 22.3 Å². The Bertz CT molecular complexity index is 674. The minimum atomic E-state index is -0.464. The molecule has 0 spiro atoms. The molecule has 2 rings (SSSR count). The predicted molar refractivity (Wildman–Crippen MR) is 68.7 cm³/mol. The summed E-state index contributed by atoms with van der Waals surface area (Å²) in [5, 5.41) is 0.515. The van der Waals surface area contributed by atoms with E-state index in [4.69, 9.17) is 10.5 Å². The first-order chi connectivity index (χ1) is 8.54. The molecule has 0 aliphatic carbocycles. The van der Waals surface area contributed by atoms with Gasteiger partial charge in [-0.1, -0.05) is 6.07 Å². The van der Waals surface area contributed by atoms with Crippen molar-refractivity contribution in [2.45, 2.75) is 13.5 Å². The second-order valence-corrected chi connectivity index (χ2v) is 4.06. The number of aromatic nitrogens is 1. The number of amides is 1. The van der Waals surface area contributed by atoms with Crippen molar-refractivity contribution in [1.29, 1.82) is 0 Å². The van der Waals surface area contributed by atoms with Crippen molar-refractivity contribution in [3.63, 3.8) is 0 Å². The van der Waals surface area contributed by atoms with Crippen LogP contribution in [-0.4, -0.2) is 17.6 Å². The van der Waals surface area contributed by atoms with Crippen LogP contribution in [0.4, 0.5) is 0 Å². The Morgan fingerprint density at radius 1 is 1.44 bits per heavy atom. The number of primary amides is 1. The van der Waals surface area contributed by atoms with Crippen LogP contribution in [0.15, 0.2) is 29.1 Å². The maximum atomic E-state index is 11.9. The molecule has 0 radical (unpaired) electrons. The smallest absolute Gasteiger partial charge is 0.237 e. The molecule has 0 bridgehead atoms. The van der Waals surface area contributed by atoms with Crippen LogP contribution in [0.1, 0.15) is 5.69 Å². The van der Waals surface area contributed by atoms with Gasteiger partial charge >= 0.3 is 0 Å². The molecule has 5 heteroatoms. The predicted octanol–water partition coefficient (Wildman–Crippen LogP) is 0.804. The highest BCUT2D eigenvalue weighted by atomic mass is 16.5. The van der Waals surface area contributed by atoms with Gasteiger partial charge in [-0.3, -0.25) is 9.59 Å². The molecule has 94 valence electrons. The van der Waals surface area contributed by atoms with Gasteiger partial charge < -0.3 is 15.0 Å². The number of para-hydroxylation sites is 1. The van der Waals surface area contributed by atoms with Gasteiger partial charge in [0, 0.05) is 17.1 Å². The summed E-state index contributed by atoms with van der Waals surface area (Å²) in [6.07, 6.45) is 0. The first-order valence-corrected chi connectivity index (χ1v) is 5.50. The van der Waals surface area contributed by atoms with Crippen LogP contribution in [0.25, 0.3) is 10.9 Å². The van der Waals surface area contributed by atoms with E-state index in [2.05, 4.69) is 0 Å². The molecule has 0 unspecified atom stereocenters. The Kier molecular flexibility index (Phi) is 3.06. The number of hydrogen-bond acceptors (Lipinski definition) is 3. The van der Waals surface area contributed by atoms with Gasteiger partial charge in [0.15, 0.2) is 5.43 Å². The van der Waals surface area contributed by atoms with Crippen LogP contribution in [-0.2, 0) is 11.3 Å². The summed E-state index contributed by atoms with van der Waals surface area (Å²) in [5.74, 6) is 0.0866. The van der Waals surface area contributed by atoms with E-state index >= 15 is 0 Å². The first kappa shape index (κ1) is 12.2. The Morgan fingerprint density at radius 3 is 2.78 bits per heavy atom. The maximum Gasteiger partial charge on any atom is 0.237 e. The van der Waals surface area contributed by atoms with Crippen LogP contribution in [0.3, 0.4) is 0 Å². The molecule has 0 saturated heterocycles. The van der Waals surface area contributed by atoms with E-state index in [-0.39, 0.29) is 12.0 Å². The van der Waals surface area contributed by atoms with Crippen LogP contribution in [0.5, 0.6) is 5.75 Å². The lowest BCUT2D eigenvalue weighted by Gasteiger charge is -2.15. The molecule has 0 fully saturated rings. The number of carbonyl (C=O) groups excluding carboxylic acids is 1. The van der Waals surface area contributed by atoms with E-state index in [1.54, 1.807) is 29.7 Å². The normalized spacial score (nSPS) is 10.6. The number of methoxy groups -OCH3 is 1. The van der Waals surface area contributed by atoms with Crippen LogP contribution in [0.2, 0.25) is 0 Å². The fourth-order valence-corrected chi connectivity index (χ4v) is 2.05. The molecule has 0 saturated carbocycles. The summed E-state index contributed by atoms with van der Waals surface area (Å²) in [4.78, 5) is 23.1. The van der Waals surface area contributed by atoms with E-state index in [9.17, 15) is 9.59 Å². The topological polar surface area (TPSA) is 74.3 Å². The molecule has 0 atom stereocenters. The average Bonchev–Trinajstić information content (AvgIpc) is 2.33. The van der Waals surface area contributed by atoms with Crippen molar-refractivity contribution in [3.05, 3.63) is 40.2 Å². The van der Waals surface area contributed by atoms with E-state index < -0.39 is 5.91 Å². The molecule has 18 heavy (non-hydrogen) atoms. The number of aryl methyl sites for hydroxylation is 1. The highest BCUT2D eigenvalue weighted by Gasteiger charge is 2.12. The van der Waals surface area contributed by atoms with Crippen molar-refractivity contribution in [2.75, 3.05) is 7.11 Å². The van der Waals surface area contributed by atoms with Gasteiger partial charge in [-0.05, 0) is 19.1 Å². The van der Waals surface area contributed by atoms with Crippen molar-refractivity contribution < 1.29 is 9.53 Å². The number of benzene rings is 1. The van der Waals surface area contributed by atoms with E-state index in [1.165, 1.54) is 13.2 Å². The highest BCUT2D eigenvalue weighted by Crippen LogP contribution is 2.24. The van der Waals surface area contributed by atoms with Gasteiger partial charge in [0.1, 0.15) is 12.3 Å². The van der Waals surface area contributed by atoms with Crippen LogP contribution >= 0.6 is 0 Å². The van der Waals surface area contributed by atoms with Gasteiger partial charge in [0.2, 0.25) is 5.91 Å². The number of hydrogen-bond donors (Lipinski definition) is 1. The number of ether oxygens (including phenoxy) is 1. The third kappa shape index (κ3) is 1.95. The molecule has 1 aromatic carbocycles. The summed E-state index contributed by atoms with van der Waals surface area (Å²) in [6, 6.07) is 6.69. The summed E-state index contributed by atoms with van der Waals surface area (Å²) in [6.45, 7) is 1.78. The van der Waals surface area contributed by atoms with Gasteiger partial charge in [0.25, 0.3) is 0 Å². The summed E-state index contributed by atoms with van der Waals surface area (Å²) < 4.78 is 6.94. The fourth-order valence-electron chi connectivity index (χ4n) is 2.05. The Hall–Kier alpha value is -2.30. The first-order valence-electron chi connectivity index (χ1n) is 5.50. The largest absolute Gasteiger partial charge is 0.495 e.